The average molecular weight is 328 g/mol. The van der Waals surface area contributed by atoms with Crippen molar-refractivity contribution in [3.05, 3.63) is 42.5 Å². The van der Waals surface area contributed by atoms with E-state index in [0.717, 1.165) is 49.4 Å². The first-order chi connectivity index (χ1) is 11.6. The summed E-state index contributed by atoms with van der Waals surface area (Å²) in [5.41, 5.74) is 6.26. The van der Waals surface area contributed by atoms with Gasteiger partial charge in [-0.2, -0.15) is 0 Å². The van der Waals surface area contributed by atoms with E-state index in [4.69, 9.17) is 10.5 Å². The number of benzene rings is 1. The molecule has 1 heterocycles. The van der Waals surface area contributed by atoms with Crippen LogP contribution in [0.15, 0.2) is 36.7 Å². The Labute approximate surface area is 142 Å². The molecule has 1 amide bonds. The summed E-state index contributed by atoms with van der Waals surface area (Å²) in [4.78, 5) is 16.6. The maximum atomic E-state index is 12.4. The van der Waals surface area contributed by atoms with E-state index in [0.29, 0.717) is 6.61 Å². The fourth-order valence-corrected chi connectivity index (χ4v) is 2.98. The van der Waals surface area contributed by atoms with E-state index in [1.54, 1.807) is 6.20 Å². The molecule has 1 aromatic carbocycles. The number of hydrogen-bond acceptors (Lipinski definition) is 4. The van der Waals surface area contributed by atoms with Crippen molar-refractivity contribution in [1.82, 2.24) is 9.55 Å². The molecule has 0 atom stereocenters. The molecular formula is C18H24N4O2. The average Bonchev–Trinajstić information content (AvgIpc) is 3.00. The Hall–Kier alpha value is -2.34. The van der Waals surface area contributed by atoms with Crippen LogP contribution < -0.4 is 15.8 Å². The molecule has 0 bridgehead atoms. The number of aryl methyl sites for hydroxylation is 1. The number of amides is 1. The first kappa shape index (κ1) is 16.5. The lowest BCUT2D eigenvalue weighted by molar-refractivity contribution is -0.122. The highest BCUT2D eigenvalue weighted by Gasteiger charge is 2.35. The Morgan fingerprint density at radius 3 is 2.62 bits per heavy atom. The summed E-state index contributed by atoms with van der Waals surface area (Å²) in [6.07, 6.45) is 8.33. The van der Waals surface area contributed by atoms with Crippen LogP contribution in [0.25, 0.3) is 0 Å². The van der Waals surface area contributed by atoms with Gasteiger partial charge >= 0.3 is 0 Å². The molecule has 6 nitrogen and oxygen atoms in total. The maximum absolute atomic E-state index is 12.4. The first-order valence-corrected chi connectivity index (χ1v) is 8.36. The summed E-state index contributed by atoms with van der Waals surface area (Å²) in [6.45, 7) is 0.404. The minimum atomic E-state index is -0.731. The number of nitrogens with two attached hydrogens (primary N) is 1. The number of carbonyl (C=O) groups is 1. The van der Waals surface area contributed by atoms with Crippen LogP contribution in [0.5, 0.6) is 5.75 Å². The van der Waals surface area contributed by atoms with Crippen molar-refractivity contribution in [2.75, 3.05) is 5.32 Å². The summed E-state index contributed by atoms with van der Waals surface area (Å²) >= 11 is 0. The lowest BCUT2D eigenvalue weighted by atomic mass is 9.82. The van der Waals surface area contributed by atoms with E-state index >= 15 is 0 Å². The number of imidazole rings is 1. The predicted octanol–water partition coefficient (Wildman–Crippen LogP) is 2.60. The van der Waals surface area contributed by atoms with Gasteiger partial charge in [0, 0.05) is 25.1 Å². The van der Waals surface area contributed by atoms with Gasteiger partial charge in [-0.1, -0.05) is 19.3 Å². The zero-order valence-electron chi connectivity index (χ0n) is 14.0. The van der Waals surface area contributed by atoms with Gasteiger partial charge in [-0.15, -0.1) is 0 Å². The van der Waals surface area contributed by atoms with Crippen molar-refractivity contribution in [3.63, 3.8) is 0 Å². The van der Waals surface area contributed by atoms with Crippen LogP contribution in [0.4, 0.5) is 5.69 Å². The van der Waals surface area contributed by atoms with Crippen LogP contribution in [0.3, 0.4) is 0 Å². The minimum absolute atomic E-state index is 0.0936. The molecule has 0 radical (unpaired) electrons. The second kappa shape index (κ2) is 7.05. The lowest BCUT2D eigenvalue weighted by Crippen LogP contribution is -2.52. The largest absolute Gasteiger partial charge is 0.486 e. The minimum Gasteiger partial charge on any atom is -0.486 e. The zero-order valence-corrected chi connectivity index (χ0v) is 14.0. The van der Waals surface area contributed by atoms with Crippen molar-refractivity contribution in [2.45, 2.75) is 44.2 Å². The van der Waals surface area contributed by atoms with E-state index < -0.39 is 5.54 Å². The number of nitrogens with one attached hydrogen (secondary N) is 1. The summed E-state index contributed by atoms with van der Waals surface area (Å²) in [5.74, 6) is 1.50. The molecule has 1 aliphatic carbocycles. The highest BCUT2D eigenvalue weighted by atomic mass is 16.5. The fourth-order valence-electron chi connectivity index (χ4n) is 2.98. The van der Waals surface area contributed by atoms with Crippen molar-refractivity contribution in [3.8, 4) is 5.75 Å². The lowest BCUT2D eigenvalue weighted by Gasteiger charge is -2.31. The molecular weight excluding hydrogens is 304 g/mol. The van der Waals surface area contributed by atoms with E-state index in [1.165, 1.54) is 0 Å². The highest BCUT2D eigenvalue weighted by molar-refractivity contribution is 5.98. The monoisotopic (exact) mass is 328 g/mol. The molecule has 3 rings (SSSR count). The third-order valence-electron chi connectivity index (χ3n) is 4.60. The standard InChI is InChI=1S/C18H24N4O2/c1-22-12-11-20-16(22)13-24-15-7-5-14(6-8-15)21-17(23)18(19)9-3-2-4-10-18/h5-8,11-12H,2-4,9-10,13,19H2,1H3,(H,21,23). The Morgan fingerprint density at radius 1 is 1.29 bits per heavy atom. The van der Waals surface area contributed by atoms with Gasteiger partial charge < -0.3 is 20.4 Å². The van der Waals surface area contributed by atoms with Crippen molar-refractivity contribution >= 4 is 11.6 Å². The van der Waals surface area contributed by atoms with Gasteiger partial charge in [-0.05, 0) is 37.1 Å². The van der Waals surface area contributed by atoms with E-state index in [2.05, 4.69) is 10.3 Å². The van der Waals surface area contributed by atoms with E-state index in [9.17, 15) is 4.79 Å². The van der Waals surface area contributed by atoms with Gasteiger partial charge in [-0.3, -0.25) is 4.79 Å². The number of aromatic nitrogens is 2. The molecule has 6 heteroatoms. The predicted molar refractivity (Wildman–Crippen MR) is 92.6 cm³/mol. The van der Waals surface area contributed by atoms with Crippen LogP contribution in [-0.4, -0.2) is 21.0 Å². The van der Waals surface area contributed by atoms with Crippen LogP contribution >= 0.6 is 0 Å². The second-order valence-corrected chi connectivity index (χ2v) is 6.44. The highest BCUT2D eigenvalue weighted by Crippen LogP contribution is 2.27. The molecule has 0 saturated heterocycles. The Bertz CT molecular complexity index is 687. The van der Waals surface area contributed by atoms with Crippen LogP contribution in [0.2, 0.25) is 0 Å². The number of anilines is 1. The molecule has 24 heavy (non-hydrogen) atoms. The Morgan fingerprint density at radius 2 is 2.00 bits per heavy atom. The third-order valence-corrected chi connectivity index (χ3v) is 4.60. The molecule has 2 aromatic rings. The molecule has 0 aliphatic heterocycles. The Balaban J connectivity index is 1.56. The van der Waals surface area contributed by atoms with Crippen molar-refractivity contribution in [2.24, 2.45) is 12.8 Å². The summed E-state index contributed by atoms with van der Waals surface area (Å²) in [7, 11) is 1.93. The number of nitrogens with zero attached hydrogens (tertiary/aromatic N) is 2. The van der Waals surface area contributed by atoms with Crippen molar-refractivity contribution in [1.29, 1.82) is 0 Å². The summed E-state index contributed by atoms with van der Waals surface area (Å²) in [6, 6.07) is 7.33. The smallest absolute Gasteiger partial charge is 0.244 e. The second-order valence-electron chi connectivity index (χ2n) is 6.44. The molecule has 1 aliphatic rings. The van der Waals surface area contributed by atoms with Crippen LogP contribution in [0, 0.1) is 0 Å². The van der Waals surface area contributed by atoms with E-state index in [1.807, 2.05) is 42.1 Å². The van der Waals surface area contributed by atoms with Crippen LogP contribution in [-0.2, 0) is 18.4 Å². The molecule has 0 unspecified atom stereocenters. The quantitative estimate of drug-likeness (QED) is 0.884. The topological polar surface area (TPSA) is 82.2 Å². The number of carbonyl (C=O) groups excluding carboxylic acids is 1. The summed E-state index contributed by atoms with van der Waals surface area (Å²) < 4.78 is 7.62. The van der Waals surface area contributed by atoms with Gasteiger partial charge in [0.05, 0.1) is 5.54 Å². The fraction of sp³-hybridized carbons (Fsp3) is 0.444. The molecule has 1 fully saturated rings. The van der Waals surface area contributed by atoms with Crippen LogP contribution in [0.1, 0.15) is 37.9 Å². The maximum Gasteiger partial charge on any atom is 0.244 e. The SMILES string of the molecule is Cn1ccnc1COc1ccc(NC(=O)C2(N)CCCCC2)cc1. The number of rotatable bonds is 5. The zero-order chi connectivity index (χ0) is 17.0. The van der Waals surface area contributed by atoms with Gasteiger partial charge in [0.1, 0.15) is 18.2 Å². The molecule has 1 saturated carbocycles. The van der Waals surface area contributed by atoms with Gasteiger partial charge in [0.25, 0.3) is 0 Å². The van der Waals surface area contributed by atoms with Gasteiger partial charge in [-0.25, -0.2) is 4.98 Å². The van der Waals surface area contributed by atoms with Crippen molar-refractivity contribution < 1.29 is 9.53 Å². The molecule has 1 aromatic heterocycles. The van der Waals surface area contributed by atoms with Gasteiger partial charge in [0.2, 0.25) is 5.91 Å². The number of hydrogen-bond donors (Lipinski definition) is 2. The molecule has 3 N–H and O–H groups in total. The Kier molecular flexibility index (Phi) is 4.85. The normalized spacial score (nSPS) is 16.6. The summed E-state index contributed by atoms with van der Waals surface area (Å²) in [5, 5.41) is 2.92. The van der Waals surface area contributed by atoms with E-state index in [-0.39, 0.29) is 5.91 Å². The third kappa shape index (κ3) is 3.76. The molecule has 128 valence electrons. The molecule has 0 spiro atoms. The number of ether oxygens (including phenoxy) is 1. The first-order valence-electron chi connectivity index (χ1n) is 8.36. The van der Waals surface area contributed by atoms with Gasteiger partial charge in [0.15, 0.2) is 0 Å².